The molecule has 0 radical (unpaired) electrons. The van der Waals surface area contributed by atoms with Crippen molar-refractivity contribution < 1.29 is 0 Å². The smallest absolute Gasteiger partial charge is 0.0286 e. The molecule has 1 aliphatic rings. The maximum atomic E-state index is 2.43. The first-order valence-corrected chi connectivity index (χ1v) is 5.91. The minimum atomic E-state index is 1.21. The standard InChI is InChI=1S/C14H22/c1-2-14-12-10-8-6-4-3-5-7-9-11-13-14/h4,6-7,9,12H,2-3,5,8,10-11,13H2,1H3/b6-4?,9-7?,14-12-. The molecule has 0 N–H and O–H groups in total. The van der Waals surface area contributed by atoms with Gasteiger partial charge in [-0.2, -0.15) is 0 Å². The van der Waals surface area contributed by atoms with Crippen LogP contribution in [0.3, 0.4) is 0 Å². The summed E-state index contributed by atoms with van der Waals surface area (Å²) in [5.41, 5.74) is 1.63. The molecule has 0 amide bonds. The van der Waals surface area contributed by atoms with Crippen LogP contribution in [0.15, 0.2) is 36.0 Å². The fourth-order valence-electron chi connectivity index (χ4n) is 1.74. The van der Waals surface area contributed by atoms with Gasteiger partial charge in [-0.1, -0.05) is 42.9 Å². The van der Waals surface area contributed by atoms with E-state index in [2.05, 4.69) is 37.3 Å². The maximum absolute atomic E-state index is 2.43. The molecule has 0 saturated carbocycles. The van der Waals surface area contributed by atoms with Gasteiger partial charge in [0.05, 0.1) is 0 Å². The molecule has 0 heterocycles. The molecule has 0 unspecified atom stereocenters. The van der Waals surface area contributed by atoms with E-state index in [9.17, 15) is 0 Å². The van der Waals surface area contributed by atoms with Crippen LogP contribution in [0.1, 0.15) is 51.9 Å². The van der Waals surface area contributed by atoms with Crippen molar-refractivity contribution in [2.45, 2.75) is 51.9 Å². The second-order valence-electron chi connectivity index (χ2n) is 3.85. The predicted molar refractivity (Wildman–Crippen MR) is 64.4 cm³/mol. The van der Waals surface area contributed by atoms with Gasteiger partial charge < -0.3 is 0 Å². The summed E-state index contributed by atoms with van der Waals surface area (Å²) in [6, 6.07) is 0. The van der Waals surface area contributed by atoms with Crippen molar-refractivity contribution in [3.63, 3.8) is 0 Å². The predicted octanol–water partition coefficient (Wildman–Crippen LogP) is 4.79. The van der Waals surface area contributed by atoms with Crippen LogP contribution in [-0.2, 0) is 0 Å². The highest BCUT2D eigenvalue weighted by atomic mass is 14.0. The Balaban J connectivity index is 2.47. The first-order valence-electron chi connectivity index (χ1n) is 5.91. The highest BCUT2D eigenvalue weighted by Crippen LogP contribution is 2.13. The summed E-state index contributed by atoms with van der Waals surface area (Å²) in [7, 11) is 0. The topological polar surface area (TPSA) is 0 Å². The summed E-state index contributed by atoms with van der Waals surface area (Å²) in [5.74, 6) is 0. The maximum Gasteiger partial charge on any atom is -0.0286 e. The van der Waals surface area contributed by atoms with Crippen LogP contribution in [0.4, 0.5) is 0 Å². The van der Waals surface area contributed by atoms with Gasteiger partial charge in [0.2, 0.25) is 0 Å². The van der Waals surface area contributed by atoms with Crippen molar-refractivity contribution in [1.82, 2.24) is 0 Å². The lowest BCUT2D eigenvalue weighted by molar-refractivity contribution is 0.874. The molecule has 0 bridgehead atoms. The SMILES string of the molecule is CC/C1=C/CCC=CCCC=CCC1. The van der Waals surface area contributed by atoms with Crippen molar-refractivity contribution in [2.24, 2.45) is 0 Å². The number of rotatable bonds is 1. The Hall–Kier alpha value is -0.780. The second-order valence-corrected chi connectivity index (χ2v) is 3.85. The lowest BCUT2D eigenvalue weighted by atomic mass is 10.0. The molecule has 0 spiro atoms. The summed E-state index contributed by atoms with van der Waals surface area (Å²) >= 11 is 0. The molecule has 0 aromatic carbocycles. The van der Waals surface area contributed by atoms with E-state index in [0.29, 0.717) is 0 Å². The van der Waals surface area contributed by atoms with Gasteiger partial charge in [-0.05, 0) is 44.9 Å². The Bertz CT molecular complexity index is 218. The monoisotopic (exact) mass is 190 g/mol. The van der Waals surface area contributed by atoms with Gasteiger partial charge in [-0.3, -0.25) is 0 Å². The third kappa shape index (κ3) is 5.06. The molecule has 0 aromatic heterocycles. The van der Waals surface area contributed by atoms with Crippen LogP contribution < -0.4 is 0 Å². The summed E-state index contributed by atoms with van der Waals surface area (Å²) < 4.78 is 0. The average Bonchev–Trinajstić information content (AvgIpc) is 2.19. The van der Waals surface area contributed by atoms with Crippen LogP contribution in [0, 0.1) is 0 Å². The zero-order valence-corrected chi connectivity index (χ0v) is 9.34. The molecule has 0 aliphatic heterocycles. The molecule has 0 nitrogen and oxygen atoms in total. The largest absolute Gasteiger partial charge is 0.0882 e. The molecular weight excluding hydrogens is 168 g/mol. The van der Waals surface area contributed by atoms with Crippen molar-refractivity contribution in [3.05, 3.63) is 36.0 Å². The van der Waals surface area contributed by atoms with Crippen LogP contribution in [0.5, 0.6) is 0 Å². The van der Waals surface area contributed by atoms with E-state index in [0.717, 1.165) is 0 Å². The number of allylic oxidation sites excluding steroid dienone is 6. The third-order valence-corrected chi connectivity index (χ3v) is 2.69. The lowest BCUT2D eigenvalue weighted by Crippen LogP contribution is -1.82. The number of hydrogen-bond acceptors (Lipinski definition) is 0. The molecule has 1 rings (SSSR count). The third-order valence-electron chi connectivity index (χ3n) is 2.69. The normalized spacial score (nSPS) is 23.4. The van der Waals surface area contributed by atoms with Gasteiger partial charge in [0, 0.05) is 0 Å². The molecule has 0 atom stereocenters. The van der Waals surface area contributed by atoms with E-state index < -0.39 is 0 Å². The molecule has 0 aromatic rings. The van der Waals surface area contributed by atoms with Gasteiger partial charge in [-0.25, -0.2) is 0 Å². The van der Waals surface area contributed by atoms with Crippen LogP contribution >= 0.6 is 0 Å². The molecule has 14 heavy (non-hydrogen) atoms. The number of hydrogen-bond donors (Lipinski definition) is 0. The van der Waals surface area contributed by atoms with Gasteiger partial charge in [0.1, 0.15) is 0 Å². The van der Waals surface area contributed by atoms with Crippen LogP contribution in [-0.4, -0.2) is 0 Å². The zero-order valence-electron chi connectivity index (χ0n) is 9.34. The Morgan fingerprint density at radius 1 is 0.857 bits per heavy atom. The van der Waals surface area contributed by atoms with Gasteiger partial charge >= 0.3 is 0 Å². The zero-order chi connectivity index (χ0) is 10.1. The Kier molecular flexibility index (Phi) is 6.14. The minimum absolute atomic E-state index is 1.21. The van der Waals surface area contributed by atoms with E-state index in [4.69, 9.17) is 0 Å². The first kappa shape index (κ1) is 11.3. The van der Waals surface area contributed by atoms with E-state index in [-0.39, 0.29) is 0 Å². The molecule has 0 saturated heterocycles. The Morgan fingerprint density at radius 2 is 1.43 bits per heavy atom. The summed E-state index contributed by atoms with van der Waals surface area (Å²) in [4.78, 5) is 0. The highest BCUT2D eigenvalue weighted by Gasteiger charge is 1.93. The summed E-state index contributed by atoms with van der Waals surface area (Å²) in [5, 5.41) is 0. The minimum Gasteiger partial charge on any atom is -0.0882 e. The fraction of sp³-hybridized carbons (Fsp3) is 0.571. The molecule has 0 heteroatoms. The van der Waals surface area contributed by atoms with Crippen molar-refractivity contribution in [1.29, 1.82) is 0 Å². The van der Waals surface area contributed by atoms with Gasteiger partial charge in [0.25, 0.3) is 0 Å². The molecule has 0 fully saturated rings. The molecule has 78 valence electrons. The quantitative estimate of drug-likeness (QED) is 0.521. The Labute approximate surface area is 88.4 Å². The lowest BCUT2D eigenvalue weighted by Gasteiger charge is -2.02. The van der Waals surface area contributed by atoms with Crippen molar-refractivity contribution in [2.75, 3.05) is 0 Å². The second kappa shape index (κ2) is 7.61. The van der Waals surface area contributed by atoms with E-state index in [1.54, 1.807) is 5.57 Å². The van der Waals surface area contributed by atoms with Gasteiger partial charge in [-0.15, -0.1) is 0 Å². The first-order chi connectivity index (χ1) is 6.93. The highest BCUT2D eigenvalue weighted by molar-refractivity contribution is 5.04. The van der Waals surface area contributed by atoms with Crippen LogP contribution in [0.25, 0.3) is 0 Å². The molecule has 1 aliphatic carbocycles. The van der Waals surface area contributed by atoms with Crippen molar-refractivity contribution in [3.8, 4) is 0 Å². The van der Waals surface area contributed by atoms with Gasteiger partial charge in [0.15, 0.2) is 0 Å². The fourth-order valence-corrected chi connectivity index (χ4v) is 1.74. The summed E-state index contributed by atoms with van der Waals surface area (Å²) in [6.07, 6.45) is 20.3. The van der Waals surface area contributed by atoms with Crippen molar-refractivity contribution >= 4 is 0 Å². The van der Waals surface area contributed by atoms with E-state index in [1.807, 2.05) is 0 Å². The van der Waals surface area contributed by atoms with E-state index in [1.165, 1.54) is 44.9 Å². The average molecular weight is 190 g/mol. The van der Waals surface area contributed by atoms with Crippen LogP contribution in [0.2, 0.25) is 0 Å². The molecular formula is C14H22. The Morgan fingerprint density at radius 3 is 2.07 bits per heavy atom. The summed E-state index contributed by atoms with van der Waals surface area (Å²) in [6.45, 7) is 2.26. The van der Waals surface area contributed by atoms with E-state index >= 15 is 0 Å².